The maximum Gasteiger partial charge on any atom is 0.0564 e. The van der Waals surface area contributed by atoms with Gasteiger partial charge in [0.25, 0.3) is 0 Å². The third-order valence-corrected chi connectivity index (χ3v) is 4.69. The second-order valence-electron chi connectivity index (χ2n) is 5.60. The summed E-state index contributed by atoms with van der Waals surface area (Å²) in [6, 6.07) is 22.0. The van der Waals surface area contributed by atoms with Gasteiger partial charge in [-0.1, -0.05) is 54.6 Å². The molecular weight excluding hydrogens is 242 g/mol. The summed E-state index contributed by atoms with van der Waals surface area (Å²) in [6.07, 6.45) is 1.92. The molecule has 1 heterocycles. The summed E-state index contributed by atoms with van der Waals surface area (Å²) in [5.41, 5.74) is 8.41. The van der Waals surface area contributed by atoms with E-state index in [-0.39, 0.29) is 0 Å². The Balaban J connectivity index is 1.93. The highest BCUT2D eigenvalue weighted by Crippen LogP contribution is 2.54. The molecule has 0 amide bonds. The van der Waals surface area contributed by atoms with E-state index in [4.69, 9.17) is 4.98 Å². The molecule has 3 aliphatic carbocycles. The van der Waals surface area contributed by atoms with Crippen molar-refractivity contribution in [2.75, 3.05) is 0 Å². The third-order valence-electron chi connectivity index (χ3n) is 4.69. The molecule has 0 saturated carbocycles. The van der Waals surface area contributed by atoms with E-state index in [1.165, 1.54) is 33.5 Å². The summed E-state index contributed by atoms with van der Waals surface area (Å²) < 4.78 is 0. The van der Waals surface area contributed by atoms with Crippen molar-refractivity contribution in [3.05, 3.63) is 100 Å². The van der Waals surface area contributed by atoms with Crippen molar-refractivity contribution in [2.24, 2.45) is 0 Å². The zero-order chi connectivity index (χ0) is 13.1. The summed E-state index contributed by atoms with van der Waals surface area (Å²) in [6.45, 7) is 0. The van der Waals surface area contributed by atoms with Crippen LogP contribution in [-0.2, 0) is 0 Å². The van der Waals surface area contributed by atoms with Crippen LogP contribution in [0.15, 0.2) is 66.9 Å². The smallest absolute Gasteiger partial charge is 0.0564 e. The molecule has 1 heteroatoms. The van der Waals surface area contributed by atoms with Crippen LogP contribution in [0.2, 0.25) is 0 Å². The van der Waals surface area contributed by atoms with Crippen LogP contribution in [-0.4, -0.2) is 4.98 Å². The molecule has 0 N–H and O–H groups in total. The van der Waals surface area contributed by atoms with E-state index in [0.717, 1.165) is 0 Å². The Morgan fingerprint density at radius 1 is 0.550 bits per heavy atom. The Bertz CT molecular complexity index is 653. The Morgan fingerprint density at radius 2 is 1.05 bits per heavy atom. The van der Waals surface area contributed by atoms with E-state index in [2.05, 4.69) is 60.7 Å². The van der Waals surface area contributed by atoms with Gasteiger partial charge in [0.1, 0.15) is 0 Å². The van der Waals surface area contributed by atoms with E-state index >= 15 is 0 Å². The first-order chi connectivity index (χ1) is 9.95. The lowest BCUT2D eigenvalue weighted by Crippen LogP contribution is -2.28. The lowest BCUT2D eigenvalue weighted by molar-refractivity contribution is 0.727. The molecule has 20 heavy (non-hydrogen) atoms. The first-order valence-electron chi connectivity index (χ1n) is 7.07. The zero-order valence-corrected chi connectivity index (χ0v) is 11.0. The van der Waals surface area contributed by atoms with Crippen molar-refractivity contribution >= 4 is 0 Å². The first kappa shape index (κ1) is 10.4. The molecule has 1 nitrogen and oxygen atoms in total. The lowest BCUT2D eigenvalue weighted by Gasteiger charge is -2.41. The van der Waals surface area contributed by atoms with Gasteiger partial charge >= 0.3 is 0 Å². The monoisotopic (exact) mass is 255 g/mol. The van der Waals surface area contributed by atoms with Crippen molar-refractivity contribution in [1.29, 1.82) is 0 Å². The fraction of sp³-hybridized carbons (Fsp3) is 0.105. The molecule has 6 rings (SSSR count). The number of rotatable bonds is 0. The molecule has 3 aromatic rings. The molecule has 1 aromatic heterocycles. The first-order valence-corrected chi connectivity index (χ1v) is 7.07. The fourth-order valence-corrected chi connectivity index (χ4v) is 3.95. The molecular formula is C19H13N. The van der Waals surface area contributed by atoms with Gasteiger partial charge in [-0.15, -0.1) is 0 Å². The van der Waals surface area contributed by atoms with Crippen LogP contribution in [0.25, 0.3) is 0 Å². The van der Waals surface area contributed by atoms with Crippen LogP contribution in [0, 0.1) is 0 Å². The van der Waals surface area contributed by atoms with Crippen LogP contribution < -0.4 is 0 Å². The normalized spacial score (nSPS) is 21.0. The van der Waals surface area contributed by atoms with Crippen LogP contribution in [0.3, 0.4) is 0 Å². The quantitative estimate of drug-likeness (QED) is 0.406. The Morgan fingerprint density at radius 3 is 1.65 bits per heavy atom. The summed E-state index contributed by atoms with van der Waals surface area (Å²) >= 11 is 0. The maximum absolute atomic E-state index is 4.70. The number of benzene rings is 2. The summed E-state index contributed by atoms with van der Waals surface area (Å²) in [4.78, 5) is 4.70. The van der Waals surface area contributed by atoms with Crippen molar-refractivity contribution in [1.82, 2.24) is 4.98 Å². The minimum absolute atomic E-state index is 0.309. The number of nitrogens with zero attached hydrogens (tertiary/aromatic N) is 1. The largest absolute Gasteiger partial charge is 0.260 e. The summed E-state index contributed by atoms with van der Waals surface area (Å²) in [5, 5.41) is 0. The number of pyridine rings is 1. The highest BCUT2D eigenvalue weighted by molar-refractivity contribution is 5.66. The average Bonchev–Trinajstić information content (AvgIpc) is 2.54. The zero-order valence-electron chi connectivity index (χ0n) is 11.0. The highest BCUT2D eigenvalue weighted by Gasteiger charge is 2.41. The SMILES string of the molecule is c1ccc2c(c1)C1c3ccccc3C2c2ncccc21. The molecule has 2 aromatic carbocycles. The second kappa shape index (κ2) is 3.57. The topological polar surface area (TPSA) is 12.9 Å². The van der Waals surface area contributed by atoms with Crippen LogP contribution >= 0.6 is 0 Å². The molecule has 94 valence electrons. The van der Waals surface area contributed by atoms with Crippen molar-refractivity contribution in [3.63, 3.8) is 0 Å². The Labute approximate surface area is 117 Å². The van der Waals surface area contributed by atoms with Gasteiger partial charge in [0.2, 0.25) is 0 Å². The summed E-state index contributed by atoms with van der Waals surface area (Å²) in [7, 11) is 0. The Hall–Kier alpha value is -2.41. The predicted molar refractivity (Wildman–Crippen MR) is 79.0 cm³/mol. The van der Waals surface area contributed by atoms with Crippen LogP contribution in [0.5, 0.6) is 0 Å². The van der Waals surface area contributed by atoms with Gasteiger partial charge in [0, 0.05) is 12.1 Å². The van der Waals surface area contributed by atoms with Gasteiger partial charge in [-0.2, -0.15) is 0 Å². The van der Waals surface area contributed by atoms with Gasteiger partial charge in [0.15, 0.2) is 0 Å². The molecule has 2 bridgehead atoms. The predicted octanol–water partition coefficient (Wildman–Crippen LogP) is 4.07. The highest BCUT2D eigenvalue weighted by atomic mass is 14.7. The van der Waals surface area contributed by atoms with E-state index in [9.17, 15) is 0 Å². The van der Waals surface area contributed by atoms with Gasteiger partial charge < -0.3 is 0 Å². The lowest BCUT2D eigenvalue weighted by atomic mass is 9.63. The second-order valence-corrected chi connectivity index (χ2v) is 5.60. The molecule has 0 aliphatic heterocycles. The molecule has 0 atom stereocenters. The van der Waals surface area contributed by atoms with E-state index in [0.29, 0.717) is 11.8 Å². The molecule has 3 aliphatic rings. The van der Waals surface area contributed by atoms with Gasteiger partial charge in [0.05, 0.1) is 11.6 Å². The van der Waals surface area contributed by atoms with Gasteiger partial charge in [-0.25, -0.2) is 0 Å². The summed E-state index contributed by atoms with van der Waals surface area (Å²) in [5.74, 6) is 0.666. The van der Waals surface area contributed by atoms with Crippen LogP contribution in [0.4, 0.5) is 0 Å². The van der Waals surface area contributed by atoms with Crippen LogP contribution in [0.1, 0.15) is 45.3 Å². The number of hydrogen-bond donors (Lipinski definition) is 0. The molecule has 0 radical (unpaired) electrons. The minimum Gasteiger partial charge on any atom is -0.260 e. The average molecular weight is 255 g/mol. The van der Waals surface area contributed by atoms with Crippen molar-refractivity contribution < 1.29 is 0 Å². The maximum atomic E-state index is 4.70. The third kappa shape index (κ3) is 1.11. The molecule has 0 spiro atoms. The van der Waals surface area contributed by atoms with E-state index < -0.39 is 0 Å². The molecule has 0 fully saturated rings. The van der Waals surface area contributed by atoms with E-state index in [1.54, 1.807) is 0 Å². The van der Waals surface area contributed by atoms with Gasteiger partial charge in [-0.3, -0.25) is 4.98 Å². The standard InChI is InChI=1S/C19H13N/c1-3-8-14-12(6-1)17-13-7-2-4-9-15(13)18(14)19-16(17)10-5-11-20-19/h1-11,17-18H. The van der Waals surface area contributed by atoms with E-state index in [1.807, 2.05) is 6.20 Å². The minimum atomic E-state index is 0.309. The molecule has 0 saturated heterocycles. The Kier molecular flexibility index (Phi) is 1.86. The number of aromatic nitrogens is 1. The molecule has 0 unspecified atom stereocenters. The van der Waals surface area contributed by atoms with Crippen molar-refractivity contribution in [2.45, 2.75) is 11.8 Å². The number of hydrogen-bond acceptors (Lipinski definition) is 1. The van der Waals surface area contributed by atoms with Crippen molar-refractivity contribution in [3.8, 4) is 0 Å². The fourth-order valence-electron chi connectivity index (χ4n) is 3.95. The van der Waals surface area contributed by atoms with Gasteiger partial charge in [-0.05, 0) is 33.9 Å².